The molecule has 3 unspecified atom stereocenters. The highest BCUT2D eigenvalue weighted by Gasteiger charge is 2.43. The molecule has 1 saturated carbocycles. The molecule has 2 heterocycles. The Morgan fingerprint density at radius 3 is 2.56 bits per heavy atom. The van der Waals surface area contributed by atoms with E-state index >= 15 is 0 Å². The van der Waals surface area contributed by atoms with E-state index in [1.807, 2.05) is 0 Å². The topological polar surface area (TPSA) is 56.5 Å². The SMILES string of the molecule is NNC(C1CCOC1)C1CCOC2(CCCC2)C1. The minimum absolute atomic E-state index is 0.192. The van der Waals surface area contributed by atoms with E-state index in [1.54, 1.807) is 0 Å². The van der Waals surface area contributed by atoms with Crippen molar-refractivity contribution in [1.29, 1.82) is 0 Å². The summed E-state index contributed by atoms with van der Waals surface area (Å²) in [4.78, 5) is 0. The van der Waals surface area contributed by atoms with Crippen molar-refractivity contribution in [1.82, 2.24) is 5.43 Å². The predicted octanol–water partition coefficient (Wildman–Crippen LogP) is 1.59. The first-order valence-electron chi connectivity index (χ1n) is 7.51. The van der Waals surface area contributed by atoms with Gasteiger partial charge in [0.1, 0.15) is 0 Å². The Bertz CT molecular complexity index is 273. The summed E-state index contributed by atoms with van der Waals surface area (Å²) in [5.41, 5.74) is 3.28. The summed E-state index contributed by atoms with van der Waals surface area (Å²) in [7, 11) is 0. The molecule has 2 saturated heterocycles. The maximum Gasteiger partial charge on any atom is 0.0685 e. The molecule has 4 heteroatoms. The van der Waals surface area contributed by atoms with Gasteiger partial charge in [-0.1, -0.05) is 12.8 Å². The number of hydrazine groups is 1. The Morgan fingerprint density at radius 2 is 1.89 bits per heavy atom. The van der Waals surface area contributed by atoms with E-state index < -0.39 is 0 Å². The van der Waals surface area contributed by atoms with E-state index in [0.29, 0.717) is 17.9 Å². The molecule has 0 aromatic heterocycles. The lowest BCUT2D eigenvalue weighted by atomic mass is 9.76. The zero-order valence-corrected chi connectivity index (χ0v) is 11.2. The van der Waals surface area contributed by atoms with Crippen LogP contribution >= 0.6 is 0 Å². The zero-order valence-electron chi connectivity index (χ0n) is 11.2. The molecule has 0 aromatic rings. The van der Waals surface area contributed by atoms with E-state index in [2.05, 4.69) is 5.43 Å². The van der Waals surface area contributed by atoms with Gasteiger partial charge in [-0.3, -0.25) is 11.3 Å². The van der Waals surface area contributed by atoms with Crippen molar-refractivity contribution in [3.63, 3.8) is 0 Å². The summed E-state index contributed by atoms with van der Waals surface area (Å²) in [5, 5.41) is 0. The van der Waals surface area contributed by atoms with Gasteiger partial charge in [-0.05, 0) is 38.0 Å². The number of nitrogens with two attached hydrogens (primary N) is 1. The molecule has 1 aliphatic carbocycles. The lowest BCUT2D eigenvalue weighted by Crippen LogP contribution is -2.51. The van der Waals surface area contributed by atoms with Crippen molar-refractivity contribution in [2.75, 3.05) is 19.8 Å². The summed E-state index contributed by atoms with van der Waals surface area (Å²) >= 11 is 0. The molecule has 2 aliphatic heterocycles. The quantitative estimate of drug-likeness (QED) is 0.593. The molecular weight excluding hydrogens is 228 g/mol. The molecule has 18 heavy (non-hydrogen) atoms. The van der Waals surface area contributed by atoms with Gasteiger partial charge >= 0.3 is 0 Å². The van der Waals surface area contributed by atoms with Gasteiger partial charge in [0.05, 0.1) is 12.2 Å². The molecule has 3 rings (SSSR count). The Hall–Kier alpha value is -0.160. The molecule has 3 N–H and O–H groups in total. The Kier molecular flexibility index (Phi) is 3.89. The fourth-order valence-electron chi connectivity index (χ4n) is 4.23. The molecule has 0 amide bonds. The average Bonchev–Trinajstić information content (AvgIpc) is 3.03. The minimum atomic E-state index is 0.192. The summed E-state index contributed by atoms with van der Waals surface area (Å²) in [6.45, 7) is 2.69. The Labute approximate surface area is 110 Å². The Balaban J connectivity index is 1.66. The van der Waals surface area contributed by atoms with Crippen molar-refractivity contribution >= 4 is 0 Å². The van der Waals surface area contributed by atoms with Gasteiger partial charge in [0.15, 0.2) is 0 Å². The predicted molar refractivity (Wildman–Crippen MR) is 69.9 cm³/mol. The number of rotatable bonds is 3. The third kappa shape index (κ3) is 2.44. The van der Waals surface area contributed by atoms with Crippen molar-refractivity contribution in [3.8, 4) is 0 Å². The molecule has 3 atom stereocenters. The van der Waals surface area contributed by atoms with Gasteiger partial charge in [-0.2, -0.15) is 0 Å². The number of hydrogen-bond donors (Lipinski definition) is 2. The van der Waals surface area contributed by atoms with Crippen LogP contribution in [0.3, 0.4) is 0 Å². The maximum absolute atomic E-state index is 6.11. The van der Waals surface area contributed by atoms with Gasteiger partial charge < -0.3 is 9.47 Å². The summed E-state index contributed by atoms with van der Waals surface area (Å²) < 4.78 is 11.6. The highest BCUT2D eigenvalue weighted by Crippen LogP contribution is 2.44. The van der Waals surface area contributed by atoms with Crippen LogP contribution in [-0.2, 0) is 9.47 Å². The van der Waals surface area contributed by atoms with Crippen LogP contribution in [0.15, 0.2) is 0 Å². The highest BCUT2D eigenvalue weighted by atomic mass is 16.5. The number of nitrogens with one attached hydrogen (secondary N) is 1. The van der Waals surface area contributed by atoms with E-state index in [-0.39, 0.29) is 5.60 Å². The Morgan fingerprint density at radius 1 is 1.11 bits per heavy atom. The molecule has 3 fully saturated rings. The van der Waals surface area contributed by atoms with Crippen LogP contribution < -0.4 is 11.3 Å². The molecule has 3 aliphatic rings. The third-order valence-corrected chi connectivity index (χ3v) is 5.22. The smallest absolute Gasteiger partial charge is 0.0685 e. The van der Waals surface area contributed by atoms with Gasteiger partial charge in [0, 0.05) is 25.2 Å². The van der Waals surface area contributed by atoms with Crippen LogP contribution in [0.1, 0.15) is 44.9 Å². The third-order valence-electron chi connectivity index (χ3n) is 5.22. The molecule has 1 spiro atoms. The van der Waals surface area contributed by atoms with Gasteiger partial charge in [-0.25, -0.2) is 0 Å². The first-order chi connectivity index (χ1) is 8.83. The minimum Gasteiger partial charge on any atom is -0.381 e. The van der Waals surface area contributed by atoms with Gasteiger partial charge in [0.2, 0.25) is 0 Å². The second-order valence-electron chi connectivity index (χ2n) is 6.31. The van der Waals surface area contributed by atoms with E-state index in [9.17, 15) is 0 Å². The van der Waals surface area contributed by atoms with Crippen LogP contribution in [0.25, 0.3) is 0 Å². The van der Waals surface area contributed by atoms with Crippen LogP contribution in [0, 0.1) is 11.8 Å². The fraction of sp³-hybridized carbons (Fsp3) is 1.00. The van der Waals surface area contributed by atoms with Crippen LogP contribution in [-0.4, -0.2) is 31.5 Å². The maximum atomic E-state index is 6.11. The lowest BCUT2D eigenvalue weighted by molar-refractivity contribution is -0.101. The number of ether oxygens (including phenoxy) is 2. The van der Waals surface area contributed by atoms with Crippen LogP contribution in [0.4, 0.5) is 0 Å². The van der Waals surface area contributed by atoms with Crippen molar-refractivity contribution in [3.05, 3.63) is 0 Å². The standard InChI is InChI=1S/C14H26N2O2/c15-16-13(12-3-7-17-10-12)11-4-8-18-14(9-11)5-1-2-6-14/h11-13,16H,1-10,15H2. The second-order valence-corrected chi connectivity index (χ2v) is 6.31. The van der Waals surface area contributed by atoms with Crippen molar-refractivity contribution in [2.45, 2.75) is 56.6 Å². The molecule has 4 nitrogen and oxygen atoms in total. The molecule has 0 aromatic carbocycles. The first-order valence-corrected chi connectivity index (χ1v) is 7.51. The lowest BCUT2D eigenvalue weighted by Gasteiger charge is -2.42. The second kappa shape index (κ2) is 5.45. The monoisotopic (exact) mass is 254 g/mol. The molecule has 0 radical (unpaired) electrons. The summed E-state index contributed by atoms with van der Waals surface area (Å²) in [6, 6.07) is 0.411. The largest absolute Gasteiger partial charge is 0.381 e. The fourth-order valence-corrected chi connectivity index (χ4v) is 4.23. The van der Waals surface area contributed by atoms with Crippen molar-refractivity contribution in [2.24, 2.45) is 17.7 Å². The first kappa shape index (κ1) is 12.9. The normalized spacial score (nSPS) is 37.2. The van der Waals surface area contributed by atoms with Crippen molar-refractivity contribution < 1.29 is 9.47 Å². The number of hydrogen-bond acceptors (Lipinski definition) is 4. The van der Waals surface area contributed by atoms with E-state index in [4.69, 9.17) is 15.3 Å². The molecular formula is C14H26N2O2. The highest BCUT2D eigenvalue weighted by molar-refractivity contribution is 4.95. The zero-order chi connectivity index (χ0) is 12.4. The summed E-state index contributed by atoms with van der Waals surface area (Å²) in [6.07, 6.45) is 8.66. The van der Waals surface area contributed by atoms with E-state index in [0.717, 1.165) is 32.7 Å². The van der Waals surface area contributed by atoms with Gasteiger partial charge in [-0.15, -0.1) is 0 Å². The van der Waals surface area contributed by atoms with E-state index in [1.165, 1.54) is 32.1 Å². The molecule has 0 bridgehead atoms. The van der Waals surface area contributed by atoms with Gasteiger partial charge in [0.25, 0.3) is 0 Å². The summed E-state index contributed by atoms with van der Waals surface area (Å²) in [5.74, 6) is 7.08. The average molecular weight is 254 g/mol. The molecule has 104 valence electrons. The van der Waals surface area contributed by atoms with Crippen LogP contribution in [0.5, 0.6) is 0 Å². The van der Waals surface area contributed by atoms with Crippen LogP contribution in [0.2, 0.25) is 0 Å².